The van der Waals surface area contributed by atoms with Gasteiger partial charge in [0.1, 0.15) is 5.82 Å². The van der Waals surface area contributed by atoms with Gasteiger partial charge in [-0.1, -0.05) is 34.5 Å². The maximum absolute atomic E-state index is 14.0. The van der Waals surface area contributed by atoms with Crippen LogP contribution in [-0.2, 0) is 0 Å². The fraction of sp³-hybridized carbons (Fsp3) is 0.214. The third-order valence-corrected chi connectivity index (χ3v) is 3.44. The molecule has 5 heteroatoms. The lowest BCUT2D eigenvalue weighted by Crippen LogP contribution is -2.23. The van der Waals surface area contributed by atoms with Crippen molar-refractivity contribution in [3.05, 3.63) is 63.1 Å². The summed E-state index contributed by atoms with van der Waals surface area (Å²) in [6.45, 7) is 2.68. The first-order chi connectivity index (χ1) is 9.11. The van der Waals surface area contributed by atoms with Crippen molar-refractivity contribution in [2.45, 2.75) is 13.0 Å². The molecule has 1 atom stereocenters. The van der Waals surface area contributed by atoms with E-state index in [1.165, 1.54) is 6.07 Å². The van der Waals surface area contributed by atoms with E-state index >= 15 is 0 Å². The van der Waals surface area contributed by atoms with Crippen LogP contribution in [0.3, 0.4) is 0 Å². The van der Waals surface area contributed by atoms with Crippen LogP contribution in [0.1, 0.15) is 24.2 Å². The molecule has 1 heterocycles. The average Bonchev–Trinajstić information content (AvgIpc) is 2.40. The maximum Gasteiger partial charge on any atom is 0.128 e. The number of rotatable bonds is 4. The molecule has 2 rings (SSSR count). The Kier molecular flexibility index (Phi) is 4.91. The molecule has 0 spiro atoms. The van der Waals surface area contributed by atoms with E-state index in [0.717, 1.165) is 10.2 Å². The number of hydrogen-bond acceptors (Lipinski definition) is 2. The van der Waals surface area contributed by atoms with Crippen LogP contribution in [0.5, 0.6) is 0 Å². The number of hydrogen-bond donors (Lipinski definition) is 1. The molecule has 0 saturated heterocycles. The van der Waals surface area contributed by atoms with Crippen molar-refractivity contribution < 1.29 is 4.39 Å². The molecule has 1 aromatic heterocycles. The van der Waals surface area contributed by atoms with E-state index in [9.17, 15) is 4.39 Å². The molecular weight excluding hydrogens is 331 g/mol. The molecule has 1 unspecified atom stereocenters. The first-order valence-corrected chi connectivity index (χ1v) is 7.08. The van der Waals surface area contributed by atoms with Gasteiger partial charge in [0.25, 0.3) is 0 Å². The number of nitrogens with one attached hydrogen (secondary N) is 1. The molecule has 2 aromatic rings. The van der Waals surface area contributed by atoms with Crippen molar-refractivity contribution in [3.63, 3.8) is 0 Å². The first kappa shape index (κ1) is 14.4. The number of halogens is 3. The summed E-state index contributed by atoms with van der Waals surface area (Å²) in [6.07, 6.45) is 1.57. The van der Waals surface area contributed by atoms with E-state index in [0.29, 0.717) is 17.1 Å². The number of aromatic nitrogens is 1. The molecule has 0 saturated carbocycles. The number of nitrogens with zero attached hydrogens (tertiary/aromatic N) is 1. The fourth-order valence-corrected chi connectivity index (χ4v) is 2.36. The van der Waals surface area contributed by atoms with Crippen LogP contribution in [0.4, 0.5) is 4.39 Å². The molecule has 0 amide bonds. The Morgan fingerprint density at radius 1 is 1.37 bits per heavy atom. The van der Waals surface area contributed by atoms with Gasteiger partial charge in [0.15, 0.2) is 0 Å². The van der Waals surface area contributed by atoms with Crippen molar-refractivity contribution in [3.8, 4) is 0 Å². The zero-order valence-electron chi connectivity index (χ0n) is 10.3. The van der Waals surface area contributed by atoms with Crippen molar-refractivity contribution in [1.29, 1.82) is 0 Å². The fourth-order valence-electron chi connectivity index (χ4n) is 1.87. The quantitative estimate of drug-likeness (QED) is 0.893. The summed E-state index contributed by atoms with van der Waals surface area (Å²) in [4.78, 5) is 4.27. The molecule has 0 radical (unpaired) electrons. The summed E-state index contributed by atoms with van der Waals surface area (Å²) < 4.78 is 14.8. The van der Waals surface area contributed by atoms with Crippen LogP contribution < -0.4 is 5.32 Å². The standard InChI is InChI=1S/C14H13BrClFN2/c1-2-18-14(13-6-4-10(16)8-19-13)11-7-9(15)3-5-12(11)17/h3-8,14,18H,2H2,1H3. The Morgan fingerprint density at radius 3 is 2.79 bits per heavy atom. The van der Waals surface area contributed by atoms with Crippen LogP contribution in [0.2, 0.25) is 5.02 Å². The van der Waals surface area contributed by atoms with E-state index in [1.807, 2.05) is 6.92 Å². The number of pyridine rings is 1. The molecule has 0 aliphatic carbocycles. The van der Waals surface area contributed by atoms with Crippen LogP contribution in [0.15, 0.2) is 41.0 Å². The number of benzene rings is 1. The lowest BCUT2D eigenvalue weighted by molar-refractivity contribution is 0.551. The molecule has 1 aromatic carbocycles. The van der Waals surface area contributed by atoms with Gasteiger partial charge in [0.05, 0.1) is 16.8 Å². The zero-order valence-corrected chi connectivity index (χ0v) is 12.7. The van der Waals surface area contributed by atoms with Crippen molar-refractivity contribution in [2.24, 2.45) is 0 Å². The Labute approximate surface area is 125 Å². The van der Waals surface area contributed by atoms with Crippen molar-refractivity contribution in [1.82, 2.24) is 10.3 Å². The normalized spacial score (nSPS) is 12.4. The third-order valence-electron chi connectivity index (χ3n) is 2.72. The predicted molar refractivity (Wildman–Crippen MR) is 78.9 cm³/mol. The van der Waals surface area contributed by atoms with E-state index in [4.69, 9.17) is 11.6 Å². The first-order valence-electron chi connectivity index (χ1n) is 5.91. The molecule has 0 aliphatic rings. The minimum absolute atomic E-state index is 0.258. The minimum Gasteiger partial charge on any atom is -0.305 e. The zero-order chi connectivity index (χ0) is 13.8. The van der Waals surface area contributed by atoms with Gasteiger partial charge in [-0.05, 0) is 36.9 Å². The topological polar surface area (TPSA) is 24.9 Å². The summed E-state index contributed by atoms with van der Waals surface area (Å²) >= 11 is 9.20. The van der Waals surface area contributed by atoms with Gasteiger partial charge in [-0.2, -0.15) is 0 Å². The highest BCUT2D eigenvalue weighted by Crippen LogP contribution is 2.26. The van der Waals surface area contributed by atoms with Crippen LogP contribution in [0, 0.1) is 5.82 Å². The van der Waals surface area contributed by atoms with Crippen molar-refractivity contribution >= 4 is 27.5 Å². The summed E-state index contributed by atoms with van der Waals surface area (Å²) in [5, 5.41) is 3.80. The van der Waals surface area contributed by atoms with Crippen LogP contribution in [0.25, 0.3) is 0 Å². The Morgan fingerprint density at radius 2 is 2.16 bits per heavy atom. The summed E-state index contributed by atoms with van der Waals surface area (Å²) in [6, 6.07) is 8.15. The maximum atomic E-state index is 14.0. The summed E-state index contributed by atoms with van der Waals surface area (Å²) in [5.41, 5.74) is 1.30. The second-order valence-corrected chi connectivity index (χ2v) is 5.41. The SMILES string of the molecule is CCNC(c1ccc(Cl)cn1)c1cc(Br)ccc1F. The molecule has 0 fully saturated rings. The predicted octanol–water partition coefficient (Wildman–Crippen LogP) is 4.34. The van der Waals surface area contributed by atoms with Gasteiger partial charge in [0, 0.05) is 16.2 Å². The highest BCUT2D eigenvalue weighted by molar-refractivity contribution is 9.10. The highest BCUT2D eigenvalue weighted by atomic mass is 79.9. The lowest BCUT2D eigenvalue weighted by atomic mass is 10.0. The lowest BCUT2D eigenvalue weighted by Gasteiger charge is -2.19. The second-order valence-electron chi connectivity index (χ2n) is 4.06. The van der Waals surface area contributed by atoms with Gasteiger partial charge >= 0.3 is 0 Å². The average molecular weight is 344 g/mol. The van der Waals surface area contributed by atoms with E-state index in [2.05, 4.69) is 26.2 Å². The van der Waals surface area contributed by atoms with Gasteiger partial charge in [-0.3, -0.25) is 4.98 Å². The van der Waals surface area contributed by atoms with Gasteiger partial charge in [0.2, 0.25) is 0 Å². The third kappa shape index (κ3) is 3.53. The molecule has 100 valence electrons. The van der Waals surface area contributed by atoms with Gasteiger partial charge < -0.3 is 5.32 Å². The largest absolute Gasteiger partial charge is 0.305 e. The minimum atomic E-state index is -0.292. The second kappa shape index (κ2) is 6.46. The molecule has 19 heavy (non-hydrogen) atoms. The monoisotopic (exact) mass is 342 g/mol. The molecule has 0 aliphatic heterocycles. The Hall–Kier alpha value is -0.970. The van der Waals surface area contributed by atoms with Crippen LogP contribution in [-0.4, -0.2) is 11.5 Å². The highest BCUT2D eigenvalue weighted by Gasteiger charge is 2.18. The molecule has 0 bridgehead atoms. The van der Waals surface area contributed by atoms with Crippen molar-refractivity contribution in [2.75, 3.05) is 6.54 Å². The van der Waals surface area contributed by atoms with Gasteiger partial charge in [-0.25, -0.2) is 4.39 Å². The Balaban J connectivity index is 2.44. The molecular formula is C14H13BrClFN2. The van der Waals surface area contributed by atoms with E-state index < -0.39 is 0 Å². The Bertz CT molecular complexity index is 560. The van der Waals surface area contributed by atoms with Gasteiger partial charge in [-0.15, -0.1) is 0 Å². The van der Waals surface area contributed by atoms with Crippen LogP contribution >= 0.6 is 27.5 Å². The molecule has 2 nitrogen and oxygen atoms in total. The van der Waals surface area contributed by atoms with E-state index in [1.54, 1.807) is 30.5 Å². The smallest absolute Gasteiger partial charge is 0.128 e. The molecule has 1 N–H and O–H groups in total. The summed E-state index contributed by atoms with van der Waals surface area (Å²) in [7, 11) is 0. The van der Waals surface area contributed by atoms with E-state index in [-0.39, 0.29) is 11.9 Å². The summed E-state index contributed by atoms with van der Waals surface area (Å²) in [5.74, 6) is -0.258.